The lowest BCUT2D eigenvalue weighted by atomic mass is 9.54. The summed E-state index contributed by atoms with van der Waals surface area (Å²) in [4.78, 5) is 41.4. The fourth-order valence-electron chi connectivity index (χ4n) is 7.87. The monoisotopic (exact) mass is 660 g/mol. The van der Waals surface area contributed by atoms with E-state index in [1.54, 1.807) is 24.3 Å². The average Bonchev–Trinajstić information content (AvgIpc) is 3.35. The molecule has 1 fully saturated rings. The molecule has 0 spiro atoms. The highest BCUT2D eigenvalue weighted by Gasteiger charge is 2.73. The number of nitrogens with one attached hydrogen (secondary N) is 1. The van der Waals surface area contributed by atoms with Crippen LogP contribution in [0.3, 0.4) is 0 Å². The molecule has 5 aromatic carbocycles. The molecule has 0 unspecified atom stereocenters. The van der Waals surface area contributed by atoms with Gasteiger partial charge in [-0.15, -0.1) is 23.2 Å². The number of rotatable bonds is 6. The molecule has 3 aliphatic carbocycles. The number of carbonyl (C=O) groups excluding carboxylic acids is 3. The van der Waals surface area contributed by atoms with Crippen molar-refractivity contribution in [2.45, 2.75) is 29.6 Å². The maximum absolute atomic E-state index is 14.5. The first-order valence-electron chi connectivity index (χ1n) is 15.7. The van der Waals surface area contributed by atoms with E-state index < -0.39 is 51.3 Å². The molecule has 0 aromatic heterocycles. The Morgan fingerprint density at radius 2 is 1.15 bits per heavy atom. The first-order chi connectivity index (χ1) is 22.6. The highest BCUT2D eigenvalue weighted by molar-refractivity contribution is 6.36. The van der Waals surface area contributed by atoms with Gasteiger partial charge in [0, 0.05) is 5.69 Å². The summed E-state index contributed by atoms with van der Waals surface area (Å²) in [5.74, 6) is -2.49. The molecule has 6 nitrogen and oxygen atoms in total. The van der Waals surface area contributed by atoms with Crippen LogP contribution in [0.1, 0.15) is 36.1 Å². The SMILES string of the molecule is CC(C)[C@@H](C(=O)Nc1ccc(Oc2ccc3ccccc3c2)cc1)N1C(=O)[C@@H]2[C@@H](C1=O)C1(Cl)c3ccccc3C2(Cl)c2ccccc21. The predicted octanol–water partition coefficient (Wildman–Crippen LogP) is 8.19. The molecule has 3 amide bonds. The Morgan fingerprint density at radius 3 is 1.66 bits per heavy atom. The molecule has 4 aliphatic rings. The first-order valence-corrected chi connectivity index (χ1v) is 16.4. The van der Waals surface area contributed by atoms with E-state index in [-0.39, 0.29) is 0 Å². The van der Waals surface area contributed by atoms with Gasteiger partial charge >= 0.3 is 0 Å². The van der Waals surface area contributed by atoms with Gasteiger partial charge in [-0.2, -0.15) is 0 Å². The number of amides is 3. The molecule has 1 heterocycles. The van der Waals surface area contributed by atoms with Crippen molar-refractivity contribution < 1.29 is 19.1 Å². The Hall–Kier alpha value is -4.65. The second-order valence-electron chi connectivity index (χ2n) is 12.8. The number of ether oxygens (including phenoxy) is 1. The van der Waals surface area contributed by atoms with Crippen LogP contribution in [0, 0.1) is 17.8 Å². The molecule has 5 aromatic rings. The number of alkyl halides is 2. The van der Waals surface area contributed by atoms with E-state index in [4.69, 9.17) is 27.9 Å². The van der Waals surface area contributed by atoms with Crippen molar-refractivity contribution in [1.29, 1.82) is 0 Å². The van der Waals surface area contributed by atoms with Gasteiger partial charge in [-0.25, -0.2) is 0 Å². The van der Waals surface area contributed by atoms with Crippen LogP contribution in [0.2, 0.25) is 0 Å². The largest absolute Gasteiger partial charge is 0.457 e. The normalized spacial score (nSPS) is 24.6. The molecule has 47 heavy (non-hydrogen) atoms. The van der Waals surface area contributed by atoms with Crippen LogP contribution in [0.25, 0.3) is 10.8 Å². The van der Waals surface area contributed by atoms with Crippen LogP contribution >= 0.6 is 23.2 Å². The maximum Gasteiger partial charge on any atom is 0.247 e. The molecule has 9 rings (SSSR count). The predicted molar refractivity (Wildman–Crippen MR) is 183 cm³/mol. The van der Waals surface area contributed by atoms with Crippen LogP contribution in [-0.4, -0.2) is 28.7 Å². The molecule has 8 heteroatoms. The lowest BCUT2D eigenvalue weighted by molar-refractivity contribution is -0.148. The number of imide groups is 1. The van der Waals surface area contributed by atoms with Gasteiger partial charge < -0.3 is 10.1 Å². The summed E-state index contributed by atoms with van der Waals surface area (Å²) >= 11 is 15.1. The van der Waals surface area contributed by atoms with Crippen molar-refractivity contribution in [2.24, 2.45) is 17.8 Å². The van der Waals surface area contributed by atoms with Gasteiger partial charge in [0.25, 0.3) is 0 Å². The van der Waals surface area contributed by atoms with Crippen molar-refractivity contribution in [1.82, 2.24) is 4.90 Å². The standard InChI is InChI=1S/C39H30Cl2N2O4/c1-22(2)34(35(44)42-25-16-19-26(20-17-25)47-27-18-15-23-9-3-4-10-24(23)21-27)43-36(45)32-33(37(43)46)39(41)29-12-6-5-11-28(29)38(32,40)30-13-7-8-14-31(30)39/h3-22,32-34H,1-2H3,(H,42,44)/t32-,33-,34-,38?,39?/m0/s1. The number of nitrogens with zero attached hydrogens (tertiary/aromatic N) is 1. The maximum atomic E-state index is 14.5. The highest BCUT2D eigenvalue weighted by Crippen LogP contribution is 2.69. The number of fused-ring (bicyclic) bond motifs is 1. The molecule has 3 atom stereocenters. The van der Waals surface area contributed by atoms with Crippen molar-refractivity contribution >= 4 is 57.4 Å². The molecular formula is C39H30Cl2N2O4. The quantitative estimate of drug-likeness (QED) is 0.147. The topological polar surface area (TPSA) is 75.7 Å². The molecule has 1 aliphatic heterocycles. The minimum atomic E-state index is -1.31. The molecular weight excluding hydrogens is 631 g/mol. The van der Waals surface area contributed by atoms with Crippen LogP contribution in [0.4, 0.5) is 5.69 Å². The van der Waals surface area contributed by atoms with Gasteiger partial charge in [0.2, 0.25) is 17.7 Å². The molecule has 234 valence electrons. The van der Waals surface area contributed by atoms with E-state index in [1.165, 1.54) is 0 Å². The third-order valence-electron chi connectivity index (χ3n) is 9.88. The summed E-state index contributed by atoms with van der Waals surface area (Å²) in [7, 11) is 0. The van der Waals surface area contributed by atoms with E-state index in [1.807, 2.05) is 105 Å². The summed E-state index contributed by atoms with van der Waals surface area (Å²) in [5.41, 5.74) is 3.38. The molecule has 0 saturated carbocycles. The zero-order valence-corrected chi connectivity index (χ0v) is 27.1. The number of anilines is 1. The van der Waals surface area contributed by atoms with Gasteiger partial charge in [0.1, 0.15) is 27.3 Å². The van der Waals surface area contributed by atoms with Crippen LogP contribution in [0.5, 0.6) is 11.5 Å². The van der Waals surface area contributed by atoms with E-state index in [9.17, 15) is 14.4 Å². The molecule has 0 radical (unpaired) electrons. The third-order valence-corrected chi connectivity index (χ3v) is 11.2. The smallest absolute Gasteiger partial charge is 0.247 e. The zero-order valence-electron chi connectivity index (χ0n) is 25.6. The second kappa shape index (κ2) is 10.7. The Morgan fingerprint density at radius 1 is 0.681 bits per heavy atom. The van der Waals surface area contributed by atoms with E-state index in [2.05, 4.69) is 5.32 Å². The lowest BCUT2D eigenvalue weighted by Gasteiger charge is -2.54. The number of likely N-dealkylation sites (tertiary alicyclic amines) is 1. The Bertz CT molecular complexity index is 1990. The summed E-state index contributed by atoms with van der Waals surface area (Å²) in [6.07, 6.45) is 0. The van der Waals surface area contributed by atoms with E-state index in [0.717, 1.165) is 37.9 Å². The fourth-order valence-corrected chi connectivity index (χ4v) is 8.97. The minimum Gasteiger partial charge on any atom is -0.457 e. The van der Waals surface area contributed by atoms with Crippen molar-refractivity contribution in [3.05, 3.63) is 138 Å². The van der Waals surface area contributed by atoms with Gasteiger partial charge in [-0.1, -0.05) is 92.7 Å². The Kier molecular flexibility index (Phi) is 6.76. The second-order valence-corrected chi connectivity index (χ2v) is 14.0. The van der Waals surface area contributed by atoms with Gasteiger partial charge in [-0.3, -0.25) is 19.3 Å². The highest BCUT2D eigenvalue weighted by atomic mass is 35.5. The molecule has 1 N–H and O–H groups in total. The van der Waals surface area contributed by atoms with Gasteiger partial charge in [-0.05, 0) is 75.3 Å². The van der Waals surface area contributed by atoms with E-state index >= 15 is 0 Å². The first kappa shape index (κ1) is 29.7. The average molecular weight is 662 g/mol. The lowest BCUT2D eigenvalue weighted by Crippen LogP contribution is -2.57. The number of halogens is 2. The van der Waals surface area contributed by atoms with Crippen molar-refractivity contribution in [2.75, 3.05) is 5.32 Å². The molecule has 2 bridgehead atoms. The summed E-state index contributed by atoms with van der Waals surface area (Å²) in [5, 5.41) is 5.11. The summed E-state index contributed by atoms with van der Waals surface area (Å²) < 4.78 is 6.06. The summed E-state index contributed by atoms with van der Waals surface area (Å²) in [6, 6.07) is 34.8. The number of hydrogen-bond acceptors (Lipinski definition) is 4. The van der Waals surface area contributed by atoms with Gasteiger partial charge in [0.05, 0.1) is 11.8 Å². The third kappa shape index (κ3) is 4.21. The van der Waals surface area contributed by atoms with E-state index in [0.29, 0.717) is 17.2 Å². The zero-order chi connectivity index (χ0) is 32.7. The summed E-state index contributed by atoms with van der Waals surface area (Å²) in [6.45, 7) is 3.64. The van der Waals surface area contributed by atoms with Crippen LogP contribution in [0.15, 0.2) is 115 Å². The Labute approximate surface area is 282 Å². The number of hydrogen-bond donors (Lipinski definition) is 1. The number of benzene rings is 5. The van der Waals surface area contributed by atoms with Crippen molar-refractivity contribution in [3.8, 4) is 11.5 Å². The number of carbonyl (C=O) groups is 3. The van der Waals surface area contributed by atoms with Crippen LogP contribution in [-0.2, 0) is 24.1 Å². The minimum absolute atomic E-state index is 0.390. The van der Waals surface area contributed by atoms with Crippen molar-refractivity contribution in [3.63, 3.8) is 0 Å². The fraction of sp³-hybridized carbons (Fsp3) is 0.205. The Balaban J connectivity index is 1.08. The van der Waals surface area contributed by atoms with Crippen LogP contribution < -0.4 is 10.1 Å². The van der Waals surface area contributed by atoms with Gasteiger partial charge in [0.15, 0.2) is 0 Å². The molecule has 1 saturated heterocycles.